The van der Waals surface area contributed by atoms with Gasteiger partial charge in [0.1, 0.15) is 0 Å². The van der Waals surface area contributed by atoms with Crippen LogP contribution in [0.1, 0.15) is 41.5 Å². The van der Waals surface area contributed by atoms with Crippen LogP contribution in [0.2, 0.25) is 0 Å². The number of hydrogen-bond acceptors (Lipinski definition) is 8. The van der Waals surface area contributed by atoms with Crippen LogP contribution in [0.5, 0.6) is 0 Å². The molecule has 0 saturated heterocycles. The highest BCUT2D eigenvalue weighted by atomic mass is 35.5. The van der Waals surface area contributed by atoms with Gasteiger partial charge in [-0.2, -0.15) is 15.0 Å². The van der Waals surface area contributed by atoms with Gasteiger partial charge in [-0.1, -0.05) is 46.7 Å². The Morgan fingerprint density at radius 3 is 2.07 bits per heavy atom. The summed E-state index contributed by atoms with van der Waals surface area (Å²) in [5.74, 6) is 1.64. The zero-order valence-corrected chi connectivity index (χ0v) is 21.4. The molecule has 0 fully saturated rings. The molecular weight excluding hydrogens is 451 g/mol. The number of thioether (sulfide) groups is 2. The quantitative estimate of drug-likeness (QED) is 0.454. The molecule has 0 unspecified atom stereocenters. The second kappa shape index (κ2) is 15.0. The van der Waals surface area contributed by atoms with Crippen molar-refractivity contribution in [3.63, 3.8) is 0 Å². The van der Waals surface area contributed by atoms with Gasteiger partial charge in [-0.3, -0.25) is 4.79 Å². The Morgan fingerprint density at radius 1 is 1.10 bits per heavy atom. The van der Waals surface area contributed by atoms with Crippen LogP contribution < -0.4 is 10.6 Å². The Kier molecular flexibility index (Phi) is 14.5. The number of nitrogens with zero attached hydrogens (tertiary/aromatic N) is 4. The third-order valence-corrected chi connectivity index (χ3v) is 5.45. The third kappa shape index (κ3) is 11.8. The molecule has 0 spiro atoms. The lowest BCUT2D eigenvalue weighted by atomic mass is 10.2. The maximum Gasteiger partial charge on any atom is 0.282 e. The summed E-state index contributed by atoms with van der Waals surface area (Å²) in [6, 6.07) is 0.712. The van der Waals surface area contributed by atoms with Gasteiger partial charge in [0.25, 0.3) is 5.24 Å². The summed E-state index contributed by atoms with van der Waals surface area (Å²) in [5, 5.41) is 7.28. The maximum absolute atomic E-state index is 11.8. The molecule has 0 atom stereocenters. The summed E-state index contributed by atoms with van der Waals surface area (Å²) < 4.78 is 0. The van der Waals surface area contributed by atoms with Crippen molar-refractivity contribution in [2.75, 3.05) is 29.7 Å². The molecule has 1 aromatic rings. The average molecular weight is 484 g/mol. The monoisotopic (exact) mass is 482 g/mol. The van der Waals surface area contributed by atoms with Crippen molar-refractivity contribution < 1.29 is 4.79 Å². The molecule has 11 heteroatoms. The van der Waals surface area contributed by atoms with Crippen molar-refractivity contribution in [1.82, 2.24) is 19.9 Å². The van der Waals surface area contributed by atoms with Crippen molar-refractivity contribution in [3.05, 3.63) is 10.6 Å². The Morgan fingerprint density at radius 2 is 1.66 bits per heavy atom. The standard InChI is InChI=1S/C10H17Cl2NOS.C8H15N5S/c1-7(2)13(8(3)4)10(14)15-6-9(12)5-11;1-5(2)10-7-11-6(9-3)12-8(13-7)14-4/h5,7-8H,6H2,1-4H3;5H,1-4H3,(H2,9,10,11,12,13)/b9-5-;. The molecular formula is C18H32Cl2N6OS2. The largest absolute Gasteiger partial charge is 0.357 e. The molecule has 2 N–H and O–H groups in total. The average Bonchev–Trinajstić information content (AvgIpc) is 2.64. The minimum atomic E-state index is 0.0386. The number of carbonyl (C=O) groups is 1. The molecule has 0 aliphatic carbocycles. The number of hydrogen-bond donors (Lipinski definition) is 2. The molecule has 0 saturated carbocycles. The van der Waals surface area contributed by atoms with E-state index in [0.29, 0.717) is 33.9 Å². The molecule has 1 amide bonds. The van der Waals surface area contributed by atoms with E-state index in [1.807, 2.05) is 52.7 Å². The Balaban J connectivity index is 0.000000541. The van der Waals surface area contributed by atoms with E-state index in [-0.39, 0.29) is 17.3 Å². The fourth-order valence-electron chi connectivity index (χ4n) is 2.14. The molecule has 0 aliphatic rings. The summed E-state index contributed by atoms with van der Waals surface area (Å²) in [4.78, 5) is 26.2. The third-order valence-electron chi connectivity index (χ3n) is 3.21. The van der Waals surface area contributed by atoms with Crippen LogP contribution in [0.25, 0.3) is 0 Å². The Hall–Kier alpha value is -0.900. The highest BCUT2D eigenvalue weighted by Crippen LogP contribution is 2.19. The van der Waals surface area contributed by atoms with Gasteiger partial charge in [-0.25, -0.2) is 0 Å². The van der Waals surface area contributed by atoms with Crippen molar-refractivity contribution in [3.8, 4) is 0 Å². The molecule has 29 heavy (non-hydrogen) atoms. The number of rotatable bonds is 8. The summed E-state index contributed by atoms with van der Waals surface area (Å²) in [5.41, 5.74) is 1.29. The van der Waals surface area contributed by atoms with Crippen molar-refractivity contribution in [2.24, 2.45) is 0 Å². The summed E-state index contributed by atoms with van der Waals surface area (Å²) in [6.45, 7) is 12.1. The number of halogens is 2. The molecule has 0 bridgehead atoms. The predicted octanol–water partition coefficient (Wildman–Crippen LogP) is 5.73. The van der Waals surface area contributed by atoms with Crippen LogP contribution in [0.15, 0.2) is 15.7 Å². The molecule has 0 radical (unpaired) electrons. The number of aromatic nitrogens is 3. The molecule has 166 valence electrons. The van der Waals surface area contributed by atoms with Gasteiger partial charge >= 0.3 is 0 Å². The van der Waals surface area contributed by atoms with Crippen molar-refractivity contribution in [1.29, 1.82) is 0 Å². The van der Waals surface area contributed by atoms with Gasteiger partial charge in [0, 0.05) is 41.5 Å². The van der Waals surface area contributed by atoms with Gasteiger partial charge in [0.05, 0.1) is 0 Å². The molecule has 1 rings (SSSR count). The second-order valence-electron chi connectivity index (χ2n) is 6.72. The lowest BCUT2D eigenvalue weighted by Crippen LogP contribution is -2.39. The van der Waals surface area contributed by atoms with E-state index in [4.69, 9.17) is 23.2 Å². The lowest BCUT2D eigenvalue weighted by molar-refractivity contribution is 0.190. The smallest absolute Gasteiger partial charge is 0.282 e. The Labute approximate surface area is 193 Å². The fraction of sp³-hybridized carbons (Fsp3) is 0.667. The van der Waals surface area contributed by atoms with Crippen LogP contribution in [-0.2, 0) is 0 Å². The first-order valence-electron chi connectivity index (χ1n) is 9.19. The highest BCUT2D eigenvalue weighted by Gasteiger charge is 2.20. The second-order valence-corrected chi connectivity index (χ2v) is 9.13. The van der Waals surface area contributed by atoms with Gasteiger partial charge in [-0.05, 0) is 47.8 Å². The van der Waals surface area contributed by atoms with E-state index in [0.717, 1.165) is 0 Å². The van der Waals surface area contributed by atoms with Crippen LogP contribution in [-0.4, -0.2) is 62.3 Å². The van der Waals surface area contributed by atoms with E-state index in [1.165, 1.54) is 29.1 Å². The zero-order valence-electron chi connectivity index (χ0n) is 18.3. The van der Waals surface area contributed by atoms with E-state index in [1.54, 1.807) is 7.05 Å². The normalized spacial score (nSPS) is 11.4. The number of nitrogens with one attached hydrogen (secondary N) is 2. The SMILES string of the molecule is CC(C)N(C(=O)SC/C(Cl)=C/Cl)C(C)C.CNc1nc(NC(C)C)nc(SC)n1. The van der Waals surface area contributed by atoms with Crippen LogP contribution in [0.4, 0.5) is 16.7 Å². The summed E-state index contributed by atoms with van der Waals surface area (Å²) in [6.07, 6.45) is 1.94. The molecule has 0 aromatic carbocycles. The molecule has 1 aromatic heterocycles. The van der Waals surface area contributed by atoms with E-state index in [2.05, 4.69) is 25.6 Å². The first-order chi connectivity index (χ1) is 13.5. The first kappa shape index (κ1) is 28.1. The first-order valence-corrected chi connectivity index (χ1v) is 12.2. The van der Waals surface area contributed by atoms with Crippen LogP contribution in [0, 0.1) is 0 Å². The summed E-state index contributed by atoms with van der Waals surface area (Å²) >= 11 is 13.8. The lowest BCUT2D eigenvalue weighted by Gasteiger charge is -2.30. The number of amides is 1. The zero-order chi connectivity index (χ0) is 22.6. The minimum Gasteiger partial charge on any atom is -0.357 e. The molecule has 7 nitrogen and oxygen atoms in total. The van der Waals surface area contributed by atoms with E-state index >= 15 is 0 Å². The molecule has 1 heterocycles. The van der Waals surface area contributed by atoms with Gasteiger partial charge in [-0.15, -0.1) is 0 Å². The molecule has 0 aliphatic heterocycles. The van der Waals surface area contributed by atoms with E-state index < -0.39 is 0 Å². The van der Waals surface area contributed by atoms with Gasteiger partial charge < -0.3 is 15.5 Å². The van der Waals surface area contributed by atoms with E-state index in [9.17, 15) is 4.79 Å². The van der Waals surface area contributed by atoms with Gasteiger partial charge in [0.15, 0.2) is 5.16 Å². The Bertz CT molecular complexity index is 629. The maximum atomic E-state index is 11.8. The highest BCUT2D eigenvalue weighted by molar-refractivity contribution is 8.13. The van der Waals surface area contributed by atoms with Gasteiger partial charge in [0.2, 0.25) is 11.9 Å². The number of anilines is 2. The van der Waals surface area contributed by atoms with Crippen LogP contribution >= 0.6 is 46.7 Å². The fourth-order valence-corrected chi connectivity index (χ4v) is 3.74. The van der Waals surface area contributed by atoms with Crippen molar-refractivity contribution >= 4 is 63.9 Å². The summed E-state index contributed by atoms with van der Waals surface area (Å²) in [7, 11) is 1.79. The topological polar surface area (TPSA) is 83.0 Å². The minimum absolute atomic E-state index is 0.0386. The predicted molar refractivity (Wildman–Crippen MR) is 130 cm³/mol. The van der Waals surface area contributed by atoms with Crippen LogP contribution in [0.3, 0.4) is 0 Å². The van der Waals surface area contributed by atoms with Crippen molar-refractivity contribution in [2.45, 2.75) is 64.8 Å². The number of carbonyl (C=O) groups excluding carboxylic acids is 1.